The van der Waals surface area contributed by atoms with Gasteiger partial charge >= 0.3 is 6.03 Å². The molecule has 4 N–H and O–H groups in total. The Kier molecular flexibility index (Phi) is 5.74. The predicted molar refractivity (Wildman–Crippen MR) is 75.2 cm³/mol. The van der Waals surface area contributed by atoms with Gasteiger partial charge in [0.15, 0.2) is 0 Å². The first-order valence-corrected chi connectivity index (χ1v) is 6.48. The molecule has 1 aromatic carbocycles. The zero-order chi connectivity index (χ0) is 15.4. The summed E-state index contributed by atoms with van der Waals surface area (Å²) < 4.78 is 13.4. The van der Waals surface area contributed by atoms with Crippen molar-refractivity contribution in [3.8, 4) is 0 Å². The molecule has 2 atom stereocenters. The molecule has 0 aliphatic heterocycles. The number of rotatable bonds is 4. The smallest absolute Gasteiger partial charge is 0.318 e. The van der Waals surface area contributed by atoms with Gasteiger partial charge in [0.05, 0.1) is 11.1 Å². The Balaban J connectivity index is 2.81. The summed E-state index contributed by atoms with van der Waals surface area (Å²) in [6.45, 7) is 3.23. The normalized spacial score (nSPS) is 13.7. The molecule has 0 saturated carbocycles. The molecule has 20 heavy (non-hydrogen) atoms. The van der Waals surface area contributed by atoms with E-state index in [4.69, 9.17) is 28.9 Å². The maximum absolute atomic E-state index is 13.4. The van der Waals surface area contributed by atoms with Crippen LogP contribution in [0, 0.1) is 5.82 Å². The van der Waals surface area contributed by atoms with Gasteiger partial charge in [-0.3, -0.25) is 15.4 Å². The van der Waals surface area contributed by atoms with Crippen LogP contribution < -0.4 is 16.4 Å². The molecular weight excluding hydrogens is 308 g/mol. The van der Waals surface area contributed by atoms with Crippen molar-refractivity contribution >= 4 is 35.1 Å². The second kappa shape index (κ2) is 6.88. The molecule has 1 rings (SSSR count). The van der Waals surface area contributed by atoms with Gasteiger partial charge in [0, 0.05) is 11.1 Å². The lowest BCUT2D eigenvalue weighted by molar-refractivity contribution is -0.121. The van der Waals surface area contributed by atoms with Crippen LogP contribution in [-0.2, 0) is 4.79 Å². The summed E-state index contributed by atoms with van der Waals surface area (Å²) in [6, 6.07) is 0.406. The van der Waals surface area contributed by atoms with Crippen LogP contribution in [0.1, 0.15) is 25.5 Å². The van der Waals surface area contributed by atoms with Gasteiger partial charge in [0.25, 0.3) is 0 Å². The van der Waals surface area contributed by atoms with Crippen LogP contribution in [-0.4, -0.2) is 18.0 Å². The van der Waals surface area contributed by atoms with E-state index in [2.05, 4.69) is 5.32 Å². The van der Waals surface area contributed by atoms with Crippen LogP contribution in [0.5, 0.6) is 0 Å². The van der Waals surface area contributed by atoms with Gasteiger partial charge in [-0.15, -0.1) is 0 Å². The van der Waals surface area contributed by atoms with Crippen LogP contribution >= 0.6 is 23.2 Å². The third kappa shape index (κ3) is 4.33. The highest BCUT2D eigenvalue weighted by molar-refractivity contribution is 6.35. The standard InChI is InChI=1S/C12H14Cl2FN3O2/c1-5(17-6(2)11(19)18-12(16)20)7-3-10(15)9(14)4-8(7)13/h3-6,17H,1-2H3,(H3,16,18,19,20)/t5-,6+/m0/s1. The molecule has 3 amide bonds. The highest BCUT2D eigenvalue weighted by atomic mass is 35.5. The Morgan fingerprint density at radius 1 is 1.25 bits per heavy atom. The number of imide groups is 1. The van der Waals surface area contributed by atoms with Gasteiger partial charge in [0.2, 0.25) is 5.91 Å². The number of hydrogen-bond acceptors (Lipinski definition) is 3. The SMILES string of the molecule is C[C@H](N[C@H](C)C(=O)NC(N)=O)c1cc(F)c(Cl)cc1Cl. The quantitative estimate of drug-likeness (QED) is 0.744. The first kappa shape index (κ1) is 16.7. The average molecular weight is 322 g/mol. The maximum Gasteiger partial charge on any atom is 0.318 e. The van der Waals surface area contributed by atoms with E-state index >= 15 is 0 Å². The molecule has 5 nitrogen and oxygen atoms in total. The molecule has 0 spiro atoms. The number of hydrogen-bond donors (Lipinski definition) is 3. The number of nitrogens with one attached hydrogen (secondary N) is 2. The molecule has 110 valence electrons. The minimum Gasteiger partial charge on any atom is -0.351 e. The highest BCUT2D eigenvalue weighted by Crippen LogP contribution is 2.28. The van der Waals surface area contributed by atoms with Gasteiger partial charge in [-0.05, 0) is 31.5 Å². The molecule has 0 unspecified atom stereocenters. The third-order valence-corrected chi connectivity index (χ3v) is 3.26. The van der Waals surface area contributed by atoms with Crippen LogP contribution in [0.25, 0.3) is 0 Å². The second-order valence-corrected chi connectivity index (χ2v) is 5.07. The summed E-state index contributed by atoms with van der Waals surface area (Å²) in [4.78, 5) is 22.1. The molecule has 0 aliphatic rings. The van der Waals surface area contributed by atoms with Crippen LogP contribution in [0.2, 0.25) is 10.0 Å². The van der Waals surface area contributed by atoms with Crippen molar-refractivity contribution in [1.82, 2.24) is 10.6 Å². The number of benzene rings is 1. The Morgan fingerprint density at radius 3 is 2.40 bits per heavy atom. The number of carbonyl (C=O) groups is 2. The topological polar surface area (TPSA) is 84.2 Å². The molecule has 0 fully saturated rings. The average Bonchev–Trinajstić information content (AvgIpc) is 2.32. The summed E-state index contributed by atoms with van der Waals surface area (Å²) in [5.41, 5.74) is 5.30. The van der Waals surface area contributed by atoms with Gasteiger partial charge in [-0.2, -0.15) is 0 Å². The summed E-state index contributed by atoms with van der Waals surface area (Å²) in [5.74, 6) is -1.19. The van der Waals surface area contributed by atoms with Gasteiger partial charge < -0.3 is 5.73 Å². The molecule has 0 aromatic heterocycles. The van der Waals surface area contributed by atoms with Gasteiger partial charge in [-0.25, -0.2) is 9.18 Å². The van der Waals surface area contributed by atoms with Crippen molar-refractivity contribution in [3.63, 3.8) is 0 Å². The molecule has 0 heterocycles. The fourth-order valence-corrected chi connectivity index (χ4v) is 2.19. The van der Waals surface area contributed by atoms with Crippen molar-refractivity contribution in [2.24, 2.45) is 5.73 Å². The Morgan fingerprint density at radius 2 is 1.85 bits per heavy atom. The summed E-state index contributed by atoms with van der Waals surface area (Å²) in [7, 11) is 0. The first-order valence-electron chi connectivity index (χ1n) is 5.73. The van der Waals surface area contributed by atoms with E-state index < -0.39 is 29.8 Å². The molecule has 0 radical (unpaired) electrons. The second-order valence-electron chi connectivity index (χ2n) is 4.25. The van der Waals surface area contributed by atoms with Crippen LogP contribution in [0.15, 0.2) is 12.1 Å². The highest BCUT2D eigenvalue weighted by Gasteiger charge is 2.19. The number of amides is 3. The van der Waals surface area contributed by atoms with Crippen molar-refractivity contribution in [2.45, 2.75) is 25.9 Å². The van der Waals surface area contributed by atoms with Crippen molar-refractivity contribution in [1.29, 1.82) is 0 Å². The lowest BCUT2D eigenvalue weighted by Crippen LogP contribution is -2.47. The number of carbonyl (C=O) groups excluding carboxylic acids is 2. The minimum atomic E-state index is -0.938. The van der Waals surface area contributed by atoms with E-state index in [0.717, 1.165) is 0 Å². The van der Waals surface area contributed by atoms with E-state index in [1.54, 1.807) is 6.92 Å². The van der Waals surface area contributed by atoms with Crippen molar-refractivity contribution in [2.75, 3.05) is 0 Å². The molecule has 0 saturated heterocycles. The zero-order valence-electron chi connectivity index (χ0n) is 10.8. The number of urea groups is 1. The summed E-state index contributed by atoms with van der Waals surface area (Å²) in [6.07, 6.45) is 0. The fourth-order valence-electron chi connectivity index (χ4n) is 1.64. The number of halogens is 3. The Labute approximate surface area is 125 Å². The lowest BCUT2D eigenvalue weighted by atomic mass is 10.1. The van der Waals surface area contributed by atoms with Gasteiger partial charge in [0.1, 0.15) is 5.82 Å². The van der Waals surface area contributed by atoms with E-state index in [1.807, 2.05) is 5.32 Å². The molecule has 0 aliphatic carbocycles. The molecule has 1 aromatic rings. The van der Waals surface area contributed by atoms with Crippen molar-refractivity contribution < 1.29 is 14.0 Å². The van der Waals surface area contributed by atoms with Gasteiger partial charge in [-0.1, -0.05) is 23.2 Å². The lowest BCUT2D eigenvalue weighted by Gasteiger charge is -2.20. The first-order chi connectivity index (χ1) is 9.22. The van der Waals surface area contributed by atoms with Crippen molar-refractivity contribution in [3.05, 3.63) is 33.6 Å². The number of primary amides is 1. The van der Waals surface area contributed by atoms with E-state index in [0.29, 0.717) is 5.56 Å². The van der Waals surface area contributed by atoms with Crippen LogP contribution in [0.4, 0.5) is 9.18 Å². The van der Waals surface area contributed by atoms with Crippen LogP contribution in [0.3, 0.4) is 0 Å². The summed E-state index contributed by atoms with van der Waals surface area (Å²) >= 11 is 11.6. The van der Waals surface area contributed by atoms with E-state index in [1.165, 1.54) is 19.1 Å². The monoisotopic (exact) mass is 321 g/mol. The third-order valence-electron chi connectivity index (χ3n) is 2.65. The Hall–Kier alpha value is -1.37. The van der Waals surface area contributed by atoms with E-state index in [-0.39, 0.29) is 10.0 Å². The fraction of sp³-hybridized carbons (Fsp3) is 0.333. The zero-order valence-corrected chi connectivity index (χ0v) is 12.3. The predicted octanol–water partition coefficient (Wildman–Crippen LogP) is 2.37. The molecule has 0 bridgehead atoms. The van der Waals surface area contributed by atoms with E-state index in [9.17, 15) is 14.0 Å². The summed E-state index contributed by atoms with van der Waals surface area (Å²) in [5, 5.41) is 5.02. The number of nitrogens with two attached hydrogens (primary N) is 1. The largest absolute Gasteiger partial charge is 0.351 e. The minimum absolute atomic E-state index is 0.0783. The molecule has 8 heteroatoms. The molecular formula is C12H14Cl2FN3O2. The maximum atomic E-state index is 13.4. The Bertz CT molecular complexity index is 540.